The summed E-state index contributed by atoms with van der Waals surface area (Å²) >= 11 is 0. The zero-order valence-electron chi connectivity index (χ0n) is 9.15. The number of non-ortho nitro benzene ring substituents is 1. The van der Waals surface area contributed by atoms with E-state index in [1.807, 2.05) is 5.32 Å². The Hall–Kier alpha value is -3.10. The number of amides is 2. The van der Waals surface area contributed by atoms with Crippen molar-refractivity contribution in [2.75, 3.05) is 0 Å². The van der Waals surface area contributed by atoms with E-state index in [0.717, 1.165) is 24.3 Å². The van der Waals surface area contributed by atoms with Gasteiger partial charge in [-0.1, -0.05) is 0 Å². The Bertz CT molecular complexity index is 663. The van der Waals surface area contributed by atoms with Crippen molar-refractivity contribution < 1.29 is 19.4 Å². The van der Waals surface area contributed by atoms with Crippen LogP contribution < -0.4 is 5.32 Å². The van der Waals surface area contributed by atoms with Crippen molar-refractivity contribution >= 4 is 28.8 Å². The lowest BCUT2D eigenvalue weighted by Gasteiger charge is -2.02. The van der Waals surface area contributed by atoms with Crippen molar-refractivity contribution in [2.24, 2.45) is 0 Å². The van der Waals surface area contributed by atoms with Crippen molar-refractivity contribution in [3.63, 3.8) is 0 Å². The van der Waals surface area contributed by atoms with E-state index in [1.54, 1.807) is 0 Å². The zero-order chi connectivity index (χ0) is 14.2. The second-order valence-electron chi connectivity index (χ2n) is 3.59. The van der Waals surface area contributed by atoms with Gasteiger partial charge < -0.3 is 0 Å². The third kappa shape index (κ3) is 2.16. The summed E-state index contributed by atoms with van der Waals surface area (Å²) in [6.45, 7) is 0. The van der Waals surface area contributed by atoms with Gasteiger partial charge in [-0.2, -0.15) is 0 Å². The van der Waals surface area contributed by atoms with Gasteiger partial charge >= 0.3 is 0 Å². The van der Waals surface area contributed by atoms with E-state index in [2.05, 4.69) is 0 Å². The highest BCUT2D eigenvalue weighted by Crippen LogP contribution is 2.31. The molecule has 1 aliphatic heterocycles. The molecule has 9 nitrogen and oxygen atoms in total. The second kappa shape index (κ2) is 4.29. The molecule has 0 spiro atoms. The summed E-state index contributed by atoms with van der Waals surface area (Å²) in [5.74, 6) is -1.46. The average molecular weight is 263 g/mol. The molecule has 0 atom stereocenters. The zero-order valence-corrected chi connectivity index (χ0v) is 9.15. The highest BCUT2D eigenvalue weighted by atomic mass is 16.6. The van der Waals surface area contributed by atoms with Crippen LogP contribution >= 0.6 is 0 Å². The third-order valence-corrected chi connectivity index (χ3v) is 2.44. The van der Waals surface area contributed by atoms with Crippen LogP contribution in [0.15, 0.2) is 24.3 Å². The average Bonchev–Trinajstić information content (AvgIpc) is 2.67. The Morgan fingerprint density at radius 1 is 1.05 bits per heavy atom. The van der Waals surface area contributed by atoms with Gasteiger partial charge in [0.1, 0.15) is 0 Å². The van der Waals surface area contributed by atoms with E-state index >= 15 is 0 Å². The van der Waals surface area contributed by atoms with E-state index in [0.29, 0.717) is 0 Å². The van der Waals surface area contributed by atoms with Crippen LogP contribution in [-0.2, 0) is 9.59 Å². The molecule has 0 radical (unpaired) electrons. The summed E-state index contributed by atoms with van der Waals surface area (Å²) < 4.78 is 0. The standard InChI is InChI=1S/C10H5N3O6/c14-9-4-7(10(15)11-9)6-2-1-5(12(16)17)3-8(6)13(18)19/h1-4H,(H,11,14,15). The molecule has 19 heavy (non-hydrogen) atoms. The smallest absolute Gasteiger partial charge is 0.284 e. The molecule has 1 aromatic rings. The van der Waals surface area contributed by atoms with Gasteiger partial charge in [-0.25, -0.2) is 0 Å². The van der Waals surface area contributed by atoms with Crippen molar-refractivity contribution in [2.45, 2.75) is 0 Å². The van der Waals surface area contributed by atoms with E-state index in [9.17, 15) is 29.8 Å². The topological polar surface area (TPSA) is 132 Å². The molecule has 0 aliphatic carbocycles. The molecule has 2 amide bonds. The van der Waals surface area contributed by atoms with E-state index in [4.69, 9.17) is 0 Å². The molecule has 0 saturated heterocycles. The first-order valence-electron chi connectivity index (χ1n) is 4.90. The summed E-state index contributed by atoms with van der Waals surface area (Å²) in [7, 11) is 0. The number of carbonyl (C=O) groups excluding carboxylic acids is 2. The van der Waals surface area contributed by atoms with Gasteiger partial charge in [-0.15, -0.1) is 0 Å². The number of nitrogens with one attached hydrogen (secondary N) is 1. The minimum atomic E-state index is -0.848. The number of imide groups is 1. The van der Waals surface area contributed by atoms with Crippen LogP contribution in [0.3, 0.4) is 0 Å². The van der Waals surface area contributed by atoms with Crippen LogP contribution in [0.25, 0.3) is 5.57 Å². The van der Waals surface area contributed by atoms with Gasteiger partial charge in [0.25, 0.3) is 23.2 Å². The fourth-order valence-corrected chi connectivity index (χ4v) is 1.62. The van der Waals surface area contributed by atoms with Crippen molar-refractivity contribution in [1.29, 1.82) is 0 Å². The predicted octanol–water partition coefficient (Wildman–Crippen LogP) is 0.543. The molecule has 0 bridgehead atoms. The third-order valence-electron chi connectivity index (χ3n) is 2.44. The van der Waals surface area contributed by atoms with E-state index in [1.165, 1.54) is 0 Å². The molecule has 9 heteroatoms. The Morgan fingerprint density at radius 2 is 1.74 bits per heavy atom. The molecule has 1 aromatic carbocycles. The number of nitro groups is 2. The summed E-state index contributed by atoms with van der Waals surface area (Å²) in [4.78, 5) is 42.2. The number of nitro benzene ring substituents is 2. The maximum absolute atomic E-state index is 11.4. The quantitative estimate of drug-likeness (QED) is 0.480. The molecule has 1 N–H and O–H groups in total. The van der Waals surface area contributed by atoms with Gasteiger partial charge in [0, 0.05) is 12.1 Å². The van der Waals surface area contributed by atoms with Crippen molar-refractivity contribution in [1.82, 2.24) is 5.32 Å². The fourth-order valence-electron chi connectivity index (χ4n) is 1.62. The molecule has 2 rings (SSSR count). The summed E-state index contributed by atoms with van der Waals surface area (Å²) in [5, 5.41) is 23.4. The number of carbonyl (C=O) groups is 2. The Kier molecular flexibility index (Phi) is 2.79. The molecule has 96 valence electrons. The molecule has 1 heterocycles. The Labute approximate surface area is 104 Å². The van der Waals surface area contributed by atoms with Crippen LogP contribution in [0.1, 0.15) is 5.56 Å². The number of benzene rings is 1. The van der Waals surface area contributed by atoms with Crippen LogP contribution in [0, 0.1) is 20.2 Å². The van der Waals surface area contributed by atoms with E-state index in [-0.39, 0.29) is 11.1 Å². The van der Waals surface area contributed by atoms with Crippen molar-refractivity contribution in [3.8, 4) is 0 Å². The van der Waals surface area contributed by atoms with Gasteiger partial charge in [-0.05, 0) is 6.07 Å². The monoisotopic (exact) mass is 263 g/mol. The minimum Gasteiger partial charge on any atom is -0.289 e. The van der Waals surface area contributed by atoms with E-state index < -0.39 is 33.0 Å². The van der Waals surface area contributed by atoms with Crippen LogP contribution in [0.5, 0.6) is 0 Å². The lowest BCUT2D eigenvalue weighted by atomic mass is 10.0. The minimum absolute atomic E-state index is 0.140. The second-order valence-corrected chi connectivity index (χ2v) is 3.59. The molecule has 0 unspecified atom stereocenters. The largest absolute Gasteiger partial charge is 0.289 e. The molecule has 1 aliphatic rings. The van der Waals surface area contributed by atoms with Gasteiger partial charge in [0.05, 0.1) is 27.0 Å². The Morgan fingerprint density at radius 3 is 2.21 bits per heavy atom. The molecular formula is C10H5N3O6. The van der Waals surface area contributed by atoms with Gasteiger partial charge in [-0.3, -0.25) is 35.1 Å². The highest BCUT2D eigenvalue weighted by Gasteiger charge is 2.29. The van der Waals surface area contributed by atoms with Gasteiger partial charge in [0.2, 0.25) is 0 Å². The number of hydrogen-bond donors (Lipinski definition) is 1. The molecule has 0 fully saturated rings. The van der Waals surface area contributed by atoms with Crippen LogP contribution in [0.2, 0.25) is 0 Å². The maximum Gasteiger partial charge on any atom is 0.284 e. The van der Waals surface area contributed by atoms with Gasteiger partial charge in [0.15, 0.2) is 0 Å². The maximum atomic E-state index is 11.4. The summed E-state index contributed by atoms with van der Waals surface area (Å²) in [6, 6.07) is 2.84. The molecule has 0 aromatic heterocycles. The first-order valence-corrected chi connectivity index (χ1v) is 4.90. The summed E-state index contributed by atoms with van der Waals surface area (Å²) in [5.41, 5.74) is -1.41. The molecular weight excluding hydrogens is 258 g/mol. The van der Waals surface area contributed by atoms with Crippen molar-refractivity contribution in [3.05, 3.63) is 50.1 Å². The number of nitrogens with zero attached hydrogens (tertiary/aromatic N) is 2. The fraction of sp³-hybridized carbons (Fsp3) is 0. The Balaban J connectivity index is 2.61. The SMILES string of the molecule is O=C1C=C(c2ccc([N+](=O)[O-])cc2[N+](=O)[O-])C(=O)N1. The number of rotatable bonds is 3. The first-order chi connectivity index (χ1) is 8.90. The summed E-state index contributed by atoms with van der Waals surface area (Å²) in [6.07, 6.45) is 0.913. The lowest BCUT2D eigenvalue weighted by molar-refractivity contribution is -0.394. The lowest BCUT2D eigenvalue weighted by Crippen LogP contribution is -2.21. The first kappa shape index (κ1) is 12.4. The number of hydrogen-bond acceptors (Lipinski definition) is 6. The molecule has 0 saturated carbocycles. The van der Waals surface area contributed by atoms with Crippen LogP contribution in [-0.4, -0.2) is 21.7 Å². The predicted molar refractivity (Wildman–Crippen MR) is 60.9 cm³/mol. The highest BCUT2D eigenvalue weighted by molar-refractivity contribution is 6.34. The normalized spacial score (nSPS) is 14.0. The van der Waals surface area contributed by atoms with Crippen LogP contribution in [0.4, 0.5) is 11.4 Å².